The molecule has 0 saturated carbocycles. The molecule has 88 valence electrons. The van der Waals surface area contributed by atoms with Gasteiger partial charge in [0.2, 0.25) is 0 Å². The summed E-state index contributed by atoms with van der Waals surface area (Å²) in [5.41, 5.74) is 1.39. The number of aromatic nitrogens is 1. The maximum Gasteiger partial charge on any atom is 0.141 e. The Hall–Kier alpha value is -1.26. The predicted octanol–water partition coefficient (Wildman–Crippen LogP) is 3.28. The Morgan fingerprint density at radius 1 is 1.29 bits per heavy atom. The average Bonchev–Trinajstić information content (AvgIpc) is 2.33. The highest BCUT2D eigenvalue weighted by molar-refractivity contribution is 7.84. The van der Waals surface area contributed by atoms with E-state index in [0.29, 0.717) is 10.6 Å². The summed E-state index contributed by atoms with van der Waals surface area (Å²) < 4.78 is 24.2. The van der Waals surface area contributed by atoms with Gasteiger partial charge in [-0.05, 0) is 30.3 Å². The van der Waals surface area contributed by atoms with Crippen LogP contribution in [0.5, 0.6) is 0 Å². The molecule has 2 aromatic rings. The average molecular weight is 270 g/mol. The Morgan fingerprint density at radius 2 is 2.06 bits per heavy atom. The summed E-state index contributed by atoms with van der Waals surface area (Å²) in [5.74, 6) is -0.457. The van der Waals surface area contributed by atoms with Crippen LogP contribution in [-0.4, -0.2) is 15.4 Å². The molecule has 2 nitrogen and oxygen atoms in total. The van der Waals surface area contributed by atoms with Crippen molar-refractivity contribution in [2.24, 2.45) is 0 Å². The summed E-state index contributed by atoms with van der Waals surface area (Å²) in [6.45, 7) is 0. The molecule has 0 aliphatic carbocycles. The summed E-state index contributed by atoms with van der Waals surface area (Å²) in [6.07, 6.45) is 3.13. The Kier molecular flexibility index (Phi) is 3.54. The molecule has 1 heterocycles. The lowest BCUT2D eigenvalue weighted by Gasteiger charge is -2.03. The number of hydrogen-bond donors (Lipinski definition) is 0. The number of halogens is 2. The van der Waals surface area contributed by atoms with Crippen molar-refractivity contribution in [3.63, 3.8) is 0 Å². The summed E-state index contributed by atoms with van der Waals surface area (Å²) in [6, 6.07) is 7.88. The van der Waals surface area contributed by atoms with Gasteiger partial charge in [0.25, 0.3) is 0 Å². The van der Waals surface area contributed by atoms with Crippen LogP contribution in [-0.2, 0) is 10.8 Å². The number of nitrogens with zero attached hydrogens (tertiary/aromatic N) is 1. The molecule has 1 aromatic carbocycles. The van der Waals surface area contributed by atoms with E-state index in [-0.39, 0.29) is 5.02 Å². The molecule has 2 rings (SSSR count). The Labute approximate surface area is 106 Å². The van der Waals surface area contributed by atoms with Crippen LogP contribution < -0.4 is 0 Å². The molecule has 0 aliphatic heterocycles. The van der Waals surface area contributed by atoms with E-state index in [1.807, 2.05) is 0 Å². The SMILES string of the molecule is CS(=O)c1ccc(-c2ccc(F)c(Cl)c2)nc1. The molecule has 0 N–H and O–H groups in total. The van der Waals surface area contributed by atoms with Crippen LogP contribution in [0.4, 0.5) is 4.39 Å². The van der Waals surface area contributed by atoms with E-state index in [0.717, 1.165) is 5.56 Å². The van der Waals surface area contributed by atoms with E-state index in [9.17, 15) is 8.60 Å². The number of hydrogen-bond acceptors (Lipinski definition) is 2. The van der Waals surface area contributed by atoms with Gasteiger partial charge >= 0.3 is 0 Å². The van der Waals surface area contributed by atoms with Gasteiger partial charge in [0.05, 0.1) is 26.4 Å². The van der Waals surface area contributed by atoms with Crippen molar-refractivity contribution in [3.05, 3.63) is 47.4 Å². The Bertz CT molecular complexity index is 571. The smallest absolute Gasteiger partial charge is 0.141 e. The molecule has 17 heavy (non-hydrogen) atoms. The highest BCUT2D eigenvalue weighted by Gasteiger charge is 2.05. The van der Waals surface area contributed by atoms with Crippen molar-refractivity contribution in [3.8, 4) is 11.3 Å². The normalized spacial score (nSPS) is 12.4. The third-order valence-corrected chi connectivity index (χ3v) is 3.48. The van der Waals surface area contributed by atoms with Crippen molar-refractivity contribution in [1.82, 2.24) is 4.98 Å². The topological polar surface area (TPSA) is 30.0 Å². The second-order valence-corrected chi connectivity index (χ2v) is 5.25. The first kappa shape index (κ1) is 12.2. The van der Waals surface area contributed by atoms with E-state index < -0.39 is 16.6 Å². The molecule has 0 spiro atoms. The largest absolute Gasteiger partial charge is 0.255 e. The second-order valence-electron chi connectivity index (χ2n) is 3.46. The molecule has 1 aromatic heterocycles. The lowest BCUT2D eigenvalue weighted by atomic mass is 10.1. The molecule has 0 radical (unpaired) electrons. The van der Waals surface area contributed by atoms with Gasteiger partial charge in [0.15, 0.2) is 0 Å². The highest BCUT2D eigenvalue weighted by atomic mass is 35.5. The zero-order valence-electron chi connectivity index (χ0n) is 8.98. The lowest BCUT2D eigenvalue weighted by molar-refractivity contribution is 0.628. The first-order valence-electron chi connectivity index (χ1n) is 4.83. The molecule has 5 heteroatoms. The van der Waals surface area contributed by atoms with E-state index in [2.05, 4.69) is 4.98 Å². The van der Waals surface area contributed by atoms with Crippen LogP contribution in [0.1, 0.15) is 0 Å². The van der Waals surface area contributed by atoms with Crippen LogP contribution in [0.15, 0.2) is 41.4 Å². The third-order valence-electron chi connectivity index (χ3n) is 2.28. The quantitative estimate of drug-likeness (QED) is 0.837. The standard InChI is InChI=1S/C12H9ClFNOS/c1-17(16)9-3-5-12(15-7-9)8-2-4-11(14)10(13)6-8/h2-7H,1H3. The van der Waals surface area contributed by atoms with Gasteiger partial charge in [-0.3, -0.25) is 9.19 Å². The molecule has 0 saturated heterocycles. The van der Waals surface area contributed by atoms with Gasteiger partial charge in [-0.25, -0.2) is 4.39 Å². The molecule has 0 aliphatic rings. The van der Waals surface area contributed by atoms with E-state index >= 15 is 0 Å². The summed E-state index contributed by atoms with van der Waals surface area (Å²) in [4.78, 5) is 4.82. The van der Waals surface area contributed by atoms with E-state index in [1.54, 1.807) is 30.7 Å². The van der Waals surface area contributed by atoms with Crippen molar-refractivity contribution in [1.29, 1.82) is 0 Å². The zero-order valence-corrected chi connectivity index (χ0v) is 10.6. The lowest BCUT2D eigenvalue weighted by Crippen LogP contribution is -1.90. The van der Waals surface area contributed by atoms with Crippen molar-refractivity contribution in [2.75, 3.05) is 6.26 Å². The molecule has 1 atom stereocenters. The van der Waals surface area contributed by atoms with Gasteiger partial charge in [0, 0.05) is 18.0 Å². The van der Waals surface area contributed by atoms with Crippen LogP contribution in [0.2, 0.25) is 5.02 Å². The fraction of sp³-hybridized carbons (Fsp3) is 0.0833. The Morgan fingerprint density at radius 3 is 2.59 bits per heavy atom. The maximum absolute atomic E-state index is 13.0. The maximum atomic E-state index is 13.0. The monoisotopic (exact) mass is 269 g/mol. The Balaban J connectivity index is 2.39. The van der Waals surface area contributed by atoms with Gasteiger partial charge in [-0.1, -0.05) is 11.6 Å². The number of rotatable bonds is 2. The third kappa shape index (κ3) is 2.70. The van der Waals surface area contributed by atoms with Gasteiger partial charge in [-0.15, -0.1) is 0 Å². The molecule has 1 unspecified atom stereocenters. The first-order valence-corrected chi connectivity index (χ1v) is 6.76. The van der Waals surface area contributed by atoms with Gasteiger partial charge in [-0.2, -0.15) is 0 Å². The number of benzene rings is 1. The van der Waals surface area contributed by atoms with Crippen LogP contribution in [0, 0.1) is 5.82 Å². The molecular formula is C12H9ClFNOS. The zero-order chi connectivity index (χ0) is 12.4. The van der Waals surface area contributed by atoms with Crippen LogP contribution in [0.25, 0.3) is 11.3 Å². The number of pyridine rings is 1. The molecule has 0 fully saturated rings. The molecule has 0 amide bonds. The minimum absolute atomic E-state index is 0.0624. The van der Waals surface area contributed by atoms with Crippen molar-refractivity contribution in [2.45, 2.75) is 4.90 Å². The second kappa shape index (κ2) is 4.94. The van der Waals surface area contributed by atoms with Crippen LogP contribution in [0.3, 0.4) is 0 Å². The fourth-order valence-corrected chi connectivity index (χ4v) is 2.02. The summed E-state index contributed by atoms with van der Waals surface area (Å²) in [7, 11) is -1.05. The highest BCUT2D eigenvalue weighted by Crippen LogP contribution is 2.23. The molecule has 0 bridgehead atoms. The van der Waals surface area contributed by atoms with E-state index in [1.165, 1.54) is 12.1 Å². The minimum Gasteiger partial charge on any atom is -0.255 e. The predicted molar refractivity (Wildman–Crippen MR) is 67.0 cm³/mol. The van der Waals surface area contributed by atoms with Crippen LogP contribution >= 0.6 is 11.6 Å². The van der Waals surface area contributed by atoms with Gasteiger partial charge in [0.1, 0.15) is 5.82 Å². The van der Waals surface area contributed by atoms with Crippen molar-refractivity contribution >= 4 is 22.4 Å². The summed E-state index contributed by atoms with van der Waals surface area (Å²) >= 11 is 5.69. The van der Waals surface area contributed by atoms with Crippen molar-refractivity contribution < 1.29 is 8.60 Å². The summed E-state index contributed by atoms with van der Waals surface area (Å²) in [5, 5.41) is 0.0624. The fourth-order valence-electron chi connectivity index (χ4n) is 1.38. The minimum atomic E-state index is -1.05. The van der Waals surface area contributed by atoms with E-state index in [4.69, 9.17) is 11.6 Å². The first-order chi connectivity index (χ1) is 8.08. The molecular weight excluding hydrogens is 261 g/mol. The van der Waals surface area contributed by atoms with Gasteiger partial charge < -0.3 is 0 Å².